The molecule has 0 aliphatic carbocycles. The van der Waals surface area contributed by atoms with E-state index in [0.29, 0.717) is 24.3 Å². The highest BCUT2D eigenvalue weighted by Gasteiger charge is 2.31. The predicted octanol–water partition coefficient (Wildman–Crippen LogP) is 4.29. The van der Waals surface area contributed by atoms with E-state index in [0.717, 1.165) is 11.1 Å². The van der Waals surface area contributed by atoms with Crippen molar-refractivity contribution in [3.63, 3.8) is 0 Å². The minimum atomic E-state index is -0.818. The zero-order chi connectivity index (χ0) is 23.6. The van der Waals surface area contributed by atoms with Crippen LogP contribution in [0.5, 0.6) is 5.75 Å². The van der Waals surface area contributed by atoms with Crippen LogP contribution in [0.25, 0.3) is 0 Å². The SMILES string of the molecule is CCNC(=O)[C@@H](Cc1ccccc1)N(Cc1ccccc1F)C(=O)COc1ccc(C)cc1. The number of ether oxygens (including phenoxy) is 1. The molecule has 5 nitrogen and oxygen atoms in total. The molecule has 3 aromatic carbocycles. The quantitative estimate of drug-likeness (QED) is 0.503. The van der Waals surface area contributed by atoms with Gasteiger partial charge < -0.3 is 15.0 Å². The van der Waals surface area contributed by atoms with Gasteiger partial charge >= 0.3 is 0 Å². The third-order valence-corrected chi connectivity index (χ3v) is 5.30. The third-order valence-electron chi connectivity index (χ3n) is 5.30. The standard InChI is InChI=1S/C27H29FN2O3/c1-3-29-27(32)25(17-21-9-5-4-6-10-21)30(18-22-11-7-8-12-24(22)28)26(31)19-33-23-15-13-20(2)14-16-23/h4-16,25H,3,17-19H2,1-2H3,(H,29,32)/t25-/m1/s1. The molecule has 6 heteroatoms. The number of hydrogen-bond acceptors (Lipinski definition) is 3. The van der Waals surface area contributed by atoms with Crippen LogP contribution >= 0.6 is 0 Å². The third kappa shape index (κ3) is 6.91. The van der Waals surface area contributed by atoms with Gasteiger partial charge in [0, 0.05) is 25.1 Å². The number of carbonyl (C=O) groups is 2. The number of nitrogens with zero attached hydrogens (tertiary/aromatic N) is 1. The Labute approximate surface area is 194 Å². The van der Waals surface area contributed by atoms with E-state index in [1.54, 1.807) is 30.3 Å². The molecule has 1 N–H and O–H groups in total. The summed E-state index contributed by atoms with van der Waals surface area (Å²) < 4.78 is 20.2. The van der Waals surface area contributed by atoms with E-state index in [1.165, 1.54) is 11.0 Å². The Balaban J connectivity index is 1.89. The van der Waals surface area contributed by atoms with E-state index in [2.05, 4.69) is 5.32 Å². The van der Waals surface area contributed by atoms with E-state index < -0.39 is 17.8 Å². The Morgan fingerprint density at radius 3 is 2.30 bits per heavy atom. The van der Waals surface area contributed by atoms with Crippen molar-refractivity contribution in [2.75, 3.05) is 13.2 Å². The first kappa shape index (κ1) is 24.0. The van der Waals surface area contributed by atoms with E-state index in [-0.39, 0.29) is 19.1 Å². The Hall–Kier alpha value is -3.67. The van der Waals surface area contributed by atoms with Crippen molar-refractivity contribution in [2.24, 2.45) is 0 Å². The second kappa shape index (κ2) is 11.8. The minimum Gasteiger partial charge on any atom is -0.484 e. The zero-order valence-electron chi connectivity index (χ0n) is 19.0. The van der Waals surface area contributed by atoms with Crippen LogP contribution in [0.1, 0.15) is 23.6 Å². The molecule has 0 spiro atoms. The topological polar surface area (TPSA) is 58.6 Å². The lowest BCUT2D eigenvalue weighted by Gasteiger charge is -2.31. The zero-order valence-corrected chi connectivity index (χ0v) is 19.0. The summed E-state index contributed by atoms with van der Waals surface area (Å²) in [5.41, 5.74) is 2.32. The molecule has 0 bridgehead atoms. The molecule has 0 aromatic heterocycles. The number of halogens is 1. The minimum absolute atomic E-state index is 0.0442. The molecule has 1 atom stereocenters. The molecule has 0 radical (unpaired) electrons. The van der Waals surface area contributed by atoms with Crippen LogP contribution in [0.4, 0.5) is 4.39 Å². The normalized spacial score (nSPS) is 11.5. The van der Waals surface area contributed by atoms with Gasteiger partial charge in [-0.15, -0.1) is 0 Å². The highest BCUT2D eigenvalue weighted by molar-refractivity contribution is 5.88. The highest BCUT2D eigenvalue weighted by Crippen LogP contribution is 2.18. The van der Waals surface area contributed by atoms with Crippen LogP contribution in [0.3, 0.4) is 0 Å². The van der Waals surface area contributed by atoms with Crippen molar-refractivity contribution in [2.45, 2.75) is 32.9 Å². The number of likely N-dealkylation sites (N-methyl/N-ethyl adjacent to an activating group) is 1. The van der Waals surface area contributed by atoms with Crippen molar-refractivity contribution in [1.29, 1.82) is 0 Å². The average molecular weight is 449 g/mol. The molecule has 0 aliphatic heterocycles. The Kier molecular flexibility index (Phi) is 8.58. The van der Waals surface area contributed by atoms with Crippen molar-refractivity contribution in [1.82, 2.24) is 10.2 Å². The van der Waals surface area contributed by atoms with Gasteiger partial charge in [-0.3, -0.25) is 9.59 Å². The van der Waals surface area contributed by atoms with Gasteiger partial charge in [-0.2, -0.15) is 0 Å². The van der Waals surface area contributed by atoms with Gasteiger partial charge in [0.1, 0.15) is 17.6 Å². The van der Waals surface area contributed by atoms with E-state index >= 15 is 0 Å². The summed E-state index contributed by atoms with van der Waals surface area (Å²) in [6, 6.07) is 22.3. The van der Waals surface area contributed by atoms with Crippen LogP contribution in [-0.4, -0.2) is 35.9 Å². The van der Waals surface area contributed by atoms with Crippen molar-refractivity contribution >= 4 is 11.8 Å². The van der Waals surface area contributed by atoms with Crippen molar-refractivity contribution < 1.29 is 18.7 Å². The van der Waals surface area contributed by atoms with E-state index in [4.69, 9.17) is 4.74 Å². The summed E-state index contributed by atoms with van der Waals surface area (Å²) in [7, 11) is 0. The van der Waals surface area contributed by atoms with Gasteiger partial charge in [0.2, 0.25) is 5.91 Å². The van der Waals surface area contributed by atoms with Gasteiger partial charge in [0.25, 0.3) is 5.91 Å². The number of benzene rings is 3. The molecule has 172 valence electrons. The molecular formula is C27H29FN2O3. The van der Waals surface area contributed by atoms with Gasteiger partial charge in [0.05, 0.1) is 0 Å². The number of nitrogens with one attached hydrogen (secondary N) is 1. The summed E-state index contributed by atoms with van der Waals surface area (Å²) in [4.78, 5) is 27.8. The second-order valence-electron chi connectivity index (χ2n) is 7.81. The molecule has 2 amide bonds. The highest BCUT2D eigenvalue weighted by atomic mass is 19.1. The molecule has 0 heterocycles. The maximum Gasteiger partial charge on any atom is 0.261 e. The first-order chi connectivity index (χ1) is 16.0. The Morgan fingerprint density at radius 1 is 0.970 bits per heavy atom. The Morgan fingerprint density at radius 2 is 1.64 bits per heavy atom. The number of aryl methyl sites for hydroxylation is 1. The van der Waals surface area contributed by atoms with Crippen LogP contribution < -0.4 is 10.1 Å². The van der Waals surface area contributed by atoms with Gasteiger partial charge in [-0.1, -0.05) is 66.2 Å². The summed E-state index contributed by atoms with van der Waals surface area (Å²) >= 11 is 0. The molecule has 0 aliphatic rings. The van der Waals surface area contributed by atoms with E-state index in [1.807, 2.05) is 56.3 Å². The van der Waals surface area contributed by atoms with Gasteiger partial charge in [0.15, 0.2) is 6.61 Å². The monoisotopic (exact) mass is 448 g/mol. The van der Waals surface area contributed by atoms with Gasteiger partial charge in [-0.25, -0.2) is 4.39 Å². The molecule has 0 unspecified atom stereocenters. The van der Waals surface area contributed by atoms with Crippen molar-refractivity contribution in [3.05, 3.63) is 101 Å². The molecule has 33 heavy (non-hydrogen) atoms. The summed E-state index contributed by atoms with van der Waals surface area (Å²) in [5.74, 6) is -0.561. The smallest absolute Gasteiger partial charge is 0.261 e. The lowest BCUT2D eigenvalue weighted by atomic mass is 10.0. The summed E-state index contributed by atoms with van der Waals surface area (Å²) in [5, 5.41) is 2.81. The predicted molar refractivity (Wildman–Crippen MR) is 126 cm³/mol. The molecule has 0 fully saturated rings. The maximum atomic E-state index is 14.5. The number of amides is 2. The van der Waals surface area contributed by atoms with E-state index in [9.17, 15) is 14.0 Å². The first-order valence-electron chi connectivity index (χ1n) is 11.0. The summed E-state index contributed by atoms with van der Waals surface area (Å²) in [6.45, 7) is 3.90. The first-order valence-corrected chi connectivity index (χ1v) is 11.0. The largest absolute Gasteiger partial charge is 0.484 e. The number of hydrogen-bond donors (Lipinski definition) is 1. The fourth-order valence-electron chi connectivity index (χ4n) is 3.52. The number of carbonyl (C=O) groups excluding carboxylic acids is 2. The summed E-state index contributed by atoms with van der Waals surface area (Å²) in [6.07, 6.45) is 0.303. The average Bonchev–Trinajstić information content (AvgIpc) is 2.82. The van der Waals surface area contributed by atoms with Gasteiger partial charge in [-0.05, 0) is 37.6 Å². The lowest BCUT2D eigenvalue weighted by molar-refractivity contribution is -0.142. The van der Waals surface area contributed by atoms with Crippen molar-refractivity contribution in [3.8, 4) is 5.75 Å². The molecule has 3 aromatic rings. The molecular weight excluding hydrogens is 419 g/mol. The lowest BCUT2D eigenvalue weighted by Crippen LogP contribution is -2.51. The fraction of sp³-hybridized carbons (Fsp3) is 0.259. The molecule has 3 rings (SSSR count). The fourth-order valence-corrected chi connectivity index (χ4v) is 3.52. The molecule has 0 saturated carbocycles. The van der Waals surface area contributed by atoms with Crippen LogP contribution in [0.2, 0.25) is 0 Å². The molecule has 0 saturated heterocycles. The van der Waals surface area contributed by atoms with Crippen LogP contribution in [0, 0.1) is 12.7 Å². The van der Waals surface area contributed by atoms with Crippen LogP contribution in [0.15, 0.2) is 78.9 Å². The maximum absolute atomic E-state index is 14.5. The number of rotatable bonds is 10. The second-order valence-corrected chi connectivity index (χ2v) is 7.81. The Bertz CT molecular complexity index is 1050. The van der Waals surface area contributed by atoms with Crippen LogP contribution in [-0.2, 0) is 22.6 Å².